The molecule has 0 atom stereocenters. The van der Waals surface area contributed by atoms with Gasteiger partial charge in [-0.15, -0.1) is 0 Å². The second-order valence-electron chi connectivity index (χ2n) is 9.99. The Labute approximate surface area is 215 Å². The SMILES string of the molecule is O=C1Nc2nccc(Sc3ccc4nc(N5CCC6(CC5)Cc5ccccc5C6)cnc4n3)c2C1(F)F. The zero-order valence-corrected chi connectivity index (χ0v) is 20.6. The normalized spacial score (nSPS) is 19.2. The predicted octanol–water partition coefficient (Wildman–Crippen LogP) is 5.00. The molecule has 3 aromatic heterocycles. The third-order valence-electron chi connectivity index (χ3n) is 7.72. The summed E-state index contributed by atoms with van der Waals surface area (Å²) in [6.07, 6.45) is 7.68. The van der Waals surface area contributed by atoms with Gasteiger partial charge in [-0.2, -0.15) is 8.78 Å². The van der Waals surface area contributed by atoms with E-state index in [9.17, 15) is 13.6 Å². The first-order chi connectivity index (χ1) is 17.9. The standard InChI is InChI=1S/C27H22F2N6OS/c28-27(29)22-19(7-10-30-24(22)34-25(27)36)37-21-6-5-18-23(33-21)31-15-20(32-18)35-11-8-26(9-12-35)13-16-3-1-2-4-17(16)14-26/h1-7,10,15H,8-9,11-14H2,(H,30,34,36). The van der Waals surface area contributed by atoms with Crippen molar-refractivity contribution in [2.45, 2.75) is 41.5 Å². The van der Waals surface area contributed by atoms with E-state index in [4.69, 9.17) is 4.98 Å². The molecule has 1 aromatic carbocycles. The maximum Gasteiger partial charge on any atom is 0.354 e. The lowest BCUT2D eigenvalue weighted by Gasteiger charge is -2.39. The van der Waals surface area contributed by atoms with Crippen molar-refractivity contribution in [3.63, 3.8) is 0 Å². The molecule has 3 aliphatic rings. The van der Waals surface area contributed by atoms with Crippen molar-refractivity contribution in [1.82, 2.24) is 19.9 Å². The lowest BCUT2D eigenvalue weighted by Crippen LogP contribution is -2.41. The third kappa shape index (κ3) is 3.73. The van der Waals surface area contributed by atoms with Gasteiger partial charge in [-0.05, 0) is 60.4 Å². The maximum absolute atomic E-state index is 14.4. The number of alkyl halides is 2. The minimum atomic E-state index is -3.63. The van der Waals surface area contributed by atoms with E-state index in [1.165, 1.54) is 23.4 Å². The van der Waals surface area contributed by atoms with Crippen molar-refractivity contribution in [3.8, 4) is 0 Å². The lowest BCUT2D eigenvalue weighted by molar-refractivity contribution is -0.139. The topological polar surface area (TPSA) is 83.9 Å². The molecular formula is C27H22F2N6OS. The molecule has 1 fully saturated rings. The molecule has 1 aliphatic carbocycles. The molecule has 0 bridgehead atoms. The number of pyridine rings is 2. The quantitative estimate of drug-likeness (QED) is 0.410. The van der Waals surface area contributed by atoms with E-state index in [-0.39, 0.29) is 10.7 Å². The number of amides is 1. The first kappa shape index (κ1) is 22.5. The largest absolute Gasteiger partial charge is 0.355 e. The summed E-state index contributed by atoms with van der Waals surface area (Å²) in [5, 5.41) is 2.63. The Bertz CT molecular complexity index is 1540. The van der Waals surface area contributed by atoms with Crippen LogP contribution in [0.25, 0.3) is 11.2 Å². The number of fused-ring (bicyclic) bond motifs is 3. The first-order valence-electron chi connectivity index (χ1n) is 12.2. The van der Waals surface area contributed by atoms with Crippen molar-refractivity contribution >= 4 is 40.5 Å². The molecule has 1 N–H and O–H groups in total. The van der Waals surface area contributed by atoms with Crippen molar-refractivity contribution in [3.05, 3.63) is 71.5 Å². The molecule has 10 heteroatoms. The van der Waals surface area contributed by atoms with Crippen LogP contribution in [0.1, 0.15) is 29.5 Å². The molecule has 1 saturated heterocycles. The van der Waals surface area contributed by atoms with Gasteiger partial charge in [0.05, 0.1) is 11.8 Å². The van der Waals surface area contributed by atoms with E-state index in [1.807, 2.05) is 6.07 Å². The van der Waals surface area contributed by atoms with E-state index >= 15 is 0 Å². The van der Waals surface area contributed by atoms with Crippen LogP contribution in [0.5, 0.6) is 0 Å². The monoisotopic (exact) mass is 516 g/mol. The lowest BCUT2D eigenvalue weighted by atomic mass is 9.76. The van der Waals surface area contributed by atoms with Gasteiger partial charge < -0.3 is 10.2 Å². The third-order valence-corrected chi connectivity index (χ3v) is 8.72. The van der Waals surface area contributed by atoms with Crippen LogP contribution < -0.4 is 10.2 Å². The molecule has 5 heterocycles. The molecule has 7 rings (SSSR count). The maximum atomic E-state index is 14.4. The summed E-state index contributed by atoms with van der Waals surface area (Å²) in [5.41, 5.74) is 4.01. The van der Waals surface area contributed by atoms with Gasteiger partial charge in [-0.1, -0.05) is 36.0 Å². The highest BCUT2D eigenvalue weighted by Crippen LogP contribution is 2.46. The van der Waals surface area contributed by atoms with Crippen molar-refractivity contribution in [1.29, 1.82) is 0 Å². The molecule has 0 saturated carbocycles. The number of carbonyl (C=O) groups is 1. The molecule has 1 spiro atoms. The Morgan fingerprint density at radius 2 is 1.70 bits per heavy atom. The molecule has 7 nitrogen and oxygen atoms in total. The van der Waals surface area contributed by atoms with Crippen LogP contribution in [0.4, 0.5) is 20.4 Å². The first-order valence-corrected chi connectivity index (χ1v) is 13.0. The molecule has 0 unspecified atom stereocenters. The fourth-order valence-corrected chi connectivity index (χ4v) is 6.71. The van der Waals surface area contributed by atoms with E-state index in [0.717, 1.165) is 56.4 Å². The van der Waals surface area contributed by atoms with Crippen molar-refractivity contribution in [2.75, 3.05) is 23.3 Å². The molecule has 4 aromatic rings. The molecule has 37 heavy (non-hydrogen) atoms. The summed E-state index contributed by atoms with van der Waals surface area (Å²) in [4.78, 5) is 31.9. The zero-order valence-electron chi connectivity index (χ0n) is 19.7. The van der Waals surface area contributed by atoms with Gasteiger partial charge in [-0.3, -0.25) is 4.79 Å². The molecule has 186 valence electrons. The predicted molar refractivity (Wildman–Crippen MR) is 136 cm³/mol. The number of anilines is 2. The molecule has 0 radical (unpaired) electrons. The highest BCUT2D eigenvalue weighted by Gasteiger charge is 2.51. The number of rotatable bonds is 3. The number of benzene rings is 1. The number of hydrogen-bond acceptors (Lipinski definition) is 7. The van der Waals surface area contributed by atoms with Gasteiger partial charge in [0.25, 0.3) is 0 Å². The van der Waals surface area contributed by atoms with Crippen molar-refractivity contribution in [2.24, 2.45) is 5.41 Å². The summed E-state index contributed by atoms with van der Waals surface area (Å²) < 4.78 is 28.8. The number of hydrogen-bond donors (Lipinski definition) is 1. The Morgan fingerprint density at radius 3 is 2.46 bits per heavy atom. The second-order valence-corrected chi connectivity index (χ2v) is 11.1. The van der Waals surface area contributed by atoms with E-state index in [0.29, 0.717) is 21.6 Å². The van der Waals surface area contributed by atoms with Gasteiger partial charge in [0.1, 0.15) is 22.2 Å². The van der Waals surface area contributed by atoms with Gasteiger partial charge in [0.2, 0.25) is 0 Å². The number of carbonyl (C=O) groups excluding carboxylic acids is 1. The number of nitrogens with one attached hydrogen (secondary N) is 1. The Morgan fingerprint density at radius 1 is 0.946 bits per heavy atom. The van der Waals surface area contributed by atoms with Crippen molar-refractivity contribution < 1.29 is 13.6 Å². The van der Waals surface area contributed by atoms with Gasteiger partial charge in [0, 0.05) is 24.2 Å². The van der Waals surface area contributed by atoms with Gasteiger partial charge >= 0.3 is 11.8 Å². The zero-order chi connectivity index (χ0) is 25.2. The number of nitrogens with zero attached hydrogens (tertiary/aromatic N) is 5. The molecule has 2 aliphatic heterocycles. The van der Waals surface area contributed by atoms with Gasteiger partial charge in [-0.25, -0.2) is 19.9 Å². The Hall–Kier alpha value is -3.66. The van der Waals surface area contributed by atoms with Gasteiger partial charge in [0.15, 0.2) is 5.65 Å². The highest BCUT2D eigenvalue weighted by atomic mass is 32.2. The Balaban J connectivity index is 1.09. The van der Waals surface area contributed by atoms with Crippen LogP contribution >= 0.6 is 11.8 Å². The minimum absolute atomic E-state index is 0.116. The van der Waals surface area contributed by atoms with Crippen LogP contribution in [0.15, 0.2) is 64.8 Å². The molecular weight excluding hydrogens is 494 g/mol. The van der Waals surface area contributed by atoms with Crippen LogP contribution in [-0.4, -0.2) is 38.9 Å². The fourth-order valence-electron chi connectivity index (χ4n) is 5.76. The average molecular weight is 517 g/mol. The Kier molecular flexibility index (Phi) is 4.98. The van der Waals surface area contributed by atoms with Crippen LogP contribution in [0, 0.1) is 5.41 Å². The average Bonchev–Trinajstić information content (AvgIpc) is 3.37. The second kappa shape index (κ2) is 8.17. The van der Waals surface area contributed by atoms with E-state index in [1.54, 1.807) is 12.3 Å². The number of piperidine rings is 1. The van der Waals surface area contributed by atoms with Crippen LogP contribution in [0.3, 0.4) is 0 Å². The summed E-state index contributed by atoms with van der Waals surface area (Å²) in [6, 6.07) is 13.8. The van der Waals surface area contributed by atoms with E-state index in [2.05, 4.69) is 49.4 Å². The molecule has 1 amide bonds. The smallest absolute Gasteiger partial charge is 0.354 e. The summed E-state index contributed by atoms with van der Waals surface area (Å²) in [6.45, 7) is 1.87. The summed E-state index contributed by atoms with van der Waals surface area (Å²) in [5.74, 6) is -4.29. The van der Waals surface area contributed by atoms with Crippen LogP contribution in [-0.2, 0) is 23.6 Å². The summed E-state index contributed by atoms with van der Waals surface area (Å²) in [7, 11) is 0. The number of halogens is 2. The summed E-state index contributed by atoms with van der Waals surface area (Å²) >= 11 is 1.05. The number of aromatic nitrogens is 4. The van der Waals surface area contributed by atoms with Crippen LogP contribution in [0.2, 0.25) is 0 Å². The highest BCUT2D eigenvalue weighted by molar-refractivity contribution is 7.99. The fraction of sp³-hybridized carbons (Fsp3) is 0.296. The van der Waals surface area contributed by atoms with E-state index < -0.39 is 17.4 Å². The minimum Gasteiger partial charge on any atom is -0.355 e.